The fourth-order valence-corrected chi connectivity index (χ4v) is 4.37. The standard InChI is InChI=1S/C13H17NO5S/c1-8-5-9(2)14(7-8)20(18,19)10-3-4-12(15)11(6-10)13(16)17/h3-4,6,8-9,15H,5,7H2,1-2H3,(H,16,17). The first-order chi connectivity index (χ1) is 9.23. The lowest BCUT2D eigenvalue weighted by Crippen LogP contribution is -2.34. The number of aromatic carboxylic acids is 1. The summed E-state index contributed by atoms with van der Waals surface area (Å²) in [6.45, 7) is 4.23. The molecule has 1 saturated heterocycles. The van der Waals surface area contributed by atoms with E-state index in [0.717, 1.165) is 18.6 Å². The molecule has 2 rings (SSSR count). The quantitative estimate of drug-likeness (QED) is 0.882. The Morgan fingerprint density at radius 1 is 1.35 bits per heavy atom. The molecule has 20 heavy (non-hydrogen) atoms. The van der Waals surface area contributed by atoms with Gasteiger partial charge in [0.2, 0.25) is 10.0 Å². The number of phenols is 1. The molecule has 7 heteroatoms. The van der Waals surface area contributed by atoms with Crippen molar-refractivity contribution in [3.63, 3.8) is 0 Å². The van der Waals surface area contributed by atoms with Crippen LogP contribution in [0.15, 0.2) is 23.1 Å². The molecular weight excluding hydrogens is 282 g/mol. The summed E-state index contributed by atoms with van der Waals surface area (Å²) in [5.74, 6) is -1.53. The van der Waals surface area contributed by atoms with Crippen LogP contribution in [0.25, 0.3) is 0 Å². The van der Waals surface area contributed by atoms with Crippen LogP contribution >= 0.6 is 0 Å². The van der Waals surface area contributed by atoms with Crippen LogP contribution in [0.5, 0.6) is 5.75 Å². The lowest BCUT2D eigenvalue weighted by molar-refractivity contribution is 0.0693. The topological polar surface area (TPSA) is 94.9 Å². The molecular formula is C13H17NO5S. The zero-order valence-electron chi connectivity index (χ0n) is 11.3. The number of sulfonamides is 1. The van der Waals surface area contributed by atoms with Crippen molar-refractivity contribution in [3.8, 4) is 5.75 Å². The van der Waals surface area contributed by atoms with Gasteiger partial charge in [0, 0.05) is 12.6 Å². The molecule has 1 aliphatic heterocycles. The summed E-state index contributed by atoms with van der Waals surface area (Å²) in [6.07, 6.45) is 0.781. The van der Waals surface area contributed by atoms with E-state index in [-0.39, 0.29) is 16.9 Å². The van der Waals surface area contributed by atoms with Crippen molar-refractivity contribution in [2.45, 2.75) is 31.2 Å². The van der Waals surface area contributed by atoms with Crippen LogP contribution in [0.2, 0.25) is 0 Å². The van der Waals surface area contributed by atoms with Crippen molar-refractivity contribution < 1.29 is 23.4 Å². The number of aromatic hydroxyl groups is 1. The second-order valence-electron chi connectivity index (χ2n) is 5.25. The molecule has 110 valence electrons. The Hall–Kier alpha value is -1.60. The van der Waals surface area contributed by atoms with Gasteiger partial charge in [-0.1, -0.05) is 6.92 Å². The number of carbonyl (C=O) groups is 1. The minimum absolute atomic E-state index is 0.103. The van der Waals surface area contributed by atoms with Gasteiger partial charge in [-0.2, -0.15) is 4.31 Å². The predicted octanol–water partition coefficient (Wildman–Crippen LogP) is 1.51. The summed E-state index contributed by atoms with van der Waals surface area (Å²) in [4.78, 5) is 10.9. The van der Waals surface area contributed by atoms with Crippen LogP contribution < -0.4 is 0 Å². The van der Waals surface area contributed by atoms with Gasteiger partial charge in [0.05, 0.1) is 4.90 Å². The monoisotopic (exact) mass is 299 g/mol. The Morgan fingerprint density at radius 3 is 2.50 bits per heavy atom. The van der Waals surface area contributed by atoms with Crippen molar-refractivity contribution in [1.82, 2.24) is 4.31 Å². The van der Waals surface area contributed by atoms with Crippen LogP contribution in [-0.4, -0.2) is 41.5 Å². The van der Waals surface area contributed by atoms with Gasteiger partial charge in [0.25, 0.3) is 0 Å². The molecule has 1 aliphatic rings. The molecule has 0 spiro atoms. The fourth-order valence-electron chi connectivity index (χ4n) is 2.58. The molecule has 2 unspecified atom stereocenters. The summed E-state index contributed by atoms with van der Waals surface area (Å²) < 4.78 is 26.4. The predicted molar refractivity (Wildman–Crippen MR) is 72.2 cm³/mol. The summed E-state index contributed by atoms with van der Waals surface area (Å²) in [5, 5.41) is 18.4. The number of hydrogen-bond donors (Lipinski definition) is 2. The third kappa shape index (κ3) is 2.51. The Balaban J connectivity index is 2.45. The maximum atomic E-state index is 12.5. The molecule has 1 fully saturated rings. The van der Waals surface area contributed by atoms with Crippen LogP contribution in [0.1, 0.15) is 30.6 Å². The van der Waals surface area contributed by atoms with Crippen LogP contribution in [-0.2, 0) is 10.0 Å². The van der Waals surface area contributed by atoms with Crippen molar-refractivity contribution in [2.75, 3.05) is 6.54 Å². The van der Waals surface area contributed by atoms with E-state index in [9.17, 15) is 18.3 Å². The van der Waals surface area contributed by atoms with E-state index in [0.29, 0.717) is 6.54 Å². The molecule has 0 radical (unpaired) electrons. The van der Waals surface area contributed by atoms with Gasteiger partial charge in [-0.3, -0.25) is 0 Å². The Labute approximate surface area is 117 Å². The third-order valence-electron chi connectivity index (χ3n) is 3.53. The van der Waals surface area contributed by atoms with E-state index in [1.54, 1.807) is 0 Å². The van der Waals surface area contributed by atoms with Crippen LogP contribution in [0.4, 0.5) is 0 Å². The molecule has 2 N–H and O–H groups in total. The maximum Gasteiger partial charge on any atom is 0.339 e. The summed E-state index contributed by atoms with van der Waals surface area (Å²) in [7, 11) is -3.73. The van der Waals surface area contributed by atoms with Gasteiger partial charge < -0.3 is 10.2 Å². The second kappa shape index (κ2) is 5.06. The zero-order chi connectivity index (χ0) is 15.1. The van der Waals surface area contributed by atoms with Crippen molar-refractivity contribution in [2.24, 2.45) is 5.92 Å². The molecule has 0 bridgehead atoms. The normalized spacial score (nSPS) is 23.9. The molecule has 6 nitrogen and oxygen atoms in total. The third-order valence-corrected chi connectivity index (χ3v) is 5.51. The van der Waals surface area contributed by atoms with E-state index in [1.165, 1.54) is 10.4 Å². The number of hydrogen-bond acceptors (Lipinski definition) is 4. The highest BCUT2D eigenvalue weighted by atomic mass is 32.2. The second-order valence-corrected chi connectivity index (χ2v) is 7.14. The minimum Gasteiger partial charge on any atom is -0.507 e. The van der Waals surface area contributed by atoms with Gasteiger partial charge >= 0.3 is 5.97 Å². The van der Waals surface area contributed by atoms with Gasteiger partial charge in [-0.15, -0.1) is 0 Å². The maximum absolute atomic E-state index is 12.5. The first-order valence-electron chi connectivity index (χ1n) is 6.31. The van der Waals surface area contributed by atoms with Crippen LogP contribution in [0.3, 0.4) is 0 Å². The lowest BCUT2D eigenvalue weighted by Gasteiger charge is -2.21. The molecule has 0 aromatic heterocycles. The Morgan fingerprint density at radius 2 is 2.00 bits per heavy atom. The molecule has 0 saturated carbocycles. The van der Waals surface area contributed by atoms with E-state index in [1.807, 2.05) is 13.8 Å². The van der Waals surface area contributed by atoms with Crippen LogP contribution in [0, 0.1) is 5.92 Å². The highest BCUT2D eigenvalue weighted by Gasteiger charge is 2.36. The number of benzene rings is 1. The van der Waals surface area contributed by atoms with E-state index in [4.69, 9.17) is 5.11 Å². The number of nitrogens with zero attached hydrogens (tertiary/aromatic N) is 1. The highest BCUT2D eigenvalue weighted by Crippen LogP contribution is 2.30. The molecule has 2 atom stereocenters. The molecule has 0 aliphatic carbocycles. The molecule has 1 heterocycles. The summed E-state index contributed by atoms with van der Waals surface area (Å²) in [6, 6.07) is 3.22. The van der Waals surface area contributed by atoms with Gasteiger partial charge in [0.15, 0.2) is 0 Å². The van der Waals surface area contributed by atoms with Gasteiger partial charge in [-0.25, -0.2) is 13.2 Å². The average Bonchev–Trinajstić information content (AvgIpc) is 2.69. The average molecular weight is 299 g/mol. The zero-order valence-corrected chi connectivity index (χ0v) is 12.1. The summed E-state index contributed by atoms with van der Waals surface area (Å²) >= 11 is 0. The fraction of sp³-hybridized carbons (Fsp3) is 0.462. The van der Waals surface area contributed by atoms with Crippen molar-refractivity contribution >= 4 is 16.0 Å². The number of carboxylic acid groups (broad SMARTS) is 1. The first-order valence-corrected chi connectivity index (χ1v) is 7.75. The SMILES string of the molecule is CC1CC(C)N(S(=O)(=O)c2ccc(O)c(C(=O)O)c2)C1. The minimum atomic E-state index is -3.73. The lowest BCUT2D eigenvalue weighted by atomic mass is 10.1. The Bertz CT molecular complexity index is 640. The van der Waals surface area contributed by atoms with E-state index in [2.05, 4.69) is 0 Å². The molecule has 1 aromatic rings. The number of rotatable bonds is 3. The van der Waals surface area contributed by atoms with Crippen molar-refractivity contribution in [1.29, 1.82) is 0 Å². The number of carboxylic acids is 1. The first kappa shape index (κ1) is 14.8. The van der Waals surface area contributed by atoms with E-state index < -0.39 is 27.3 Å². The smallest absolute Gasteiger partial charge is 0.339 e. The van der Waals surface area contributed by atoms with Gasteiger partial charge in [0.1, 0.15) is 11.3 Å². The van der Waals surface area contributed by atoms with Gasteiger partial charge in [-0.05, 0) is 37.5 Å². The summed E-state index contributed by atoms with van der Waals surface area (Å²) in [5.41, 5.74) is -0.411. The van der Waals surface area contributed by atoms with E-state index >= 15 is 0 Å². The highest BCUT2D eigenvalue weighted by molar-refractivity contribution is 7.89. The van der Waals surface area contributed by atoms with Crippen molar-refractivity contribution in [3.05, 3.63) is 23.8 Å². The largest absolute Gasteiger partial charge is 0.507 e. The molecule has 1 aromatic carbocycles. The Kier molecular flexibility index (Phi) is 3.75. The molecule has 0 amide bonds.